The summed E-state index contributed by atoms with van der Waals surface area (Å²) in [5.41, 5.74) is 4.73. The molecule has 0 aliphatic rings. The second-order valence-corrected chi connectivity index (χ2v) is 4.47. The zero-order valence-electron chi connectivity index (χ0n) is 11.1. The van der Waals surface area contributed by atoms with Crippen LogP contribution in [0.15, 0.2) is 0 Å². The van der Waals surface area contributed by atoms with Crippen molar-refractivity contribution in [3.63, 3.8) is 0 Å². The molecule has 98 valence electrons. The number of aliphatic hydroxyl groups is 1. The fraction of sp³-hybridized carbons (Fsp3) is 0.727. The zero-order valence-corrected chi connectivity index (χ0v) is 11.1. The SMILES string of the molecule is Cc1nn(C)c(NN)c1CN(CCO)C(C)C. The summed E-state index contributed by atoms with van der Waals surface area (Å²) in [7, 11) is 1.86. The van der Waals surface area contributed by atoms with Gasteiger partial charge in [-0.15, -0.1) is 0 Å². The van der Waals surface area contributed by atoms with Crippen molar-refractivity contribution < 1.29 is 5.11 Å². The molecule has 1 rings (SSSR count). The highest BCUT2D eigenvalue weighted by Crippen LogP contribution is 2.20. The molecule has 4 N–H and O–H groups in total. The molecule has 0 aromatic carbocycles. The zero-order chi connectivity index (χ0) is 13.0. The van der Waals surface area contributed by atoms with Crippen LogP contribution in [0.3, 0.4) is 0 Å². The van der Waals surface area contributed by atoms with Crippen LogP contribution in [0.4, 0.5) is 5.82 Å². The van der Waals surface area contributed by atoms with Gasteiger partial charge in [-0.25, -0.2) is 5.84 Å². The van der Waals surface area contributed by atoms with Crippen LogP contribution in [-0.4, -0.2) is 39.0 Å². The van der Waals surface area contributed by atoms with Crippen molar-refractivity contribution in [1.82, 2.24) is 14.7 Å². The molecule has 1 aromatic rings. The molecule has 0 saturated heterocycles. The van der Waals surface area contributed by atoms with Crippen LogP contribution in [0.2, 0.25) is 0 Å². The standard InChI is InChI=1S/C11H23N5O/c1-8(2)16(5-6-17)7-10-9(3)14-15(4)11(10)13-12/h8,13,17H,5-7,12H2,1-4H3. The van der Waals surface area contributed by atoms with Crippen molar-refractivity contribution in [1.29, 1.82) is 0 Å². The Hall–Kier alpha value is -1.11. The quantitative estimate of drug-likeness (QED) is 0.490. The highest BCUT2D eigenvalue weighted by atomic mass is 16.3. The van der Waals surface area contributed by atoms with Crippen LogP contribution < -0.4 is 11.3 Å². The molecule has 0 aliphatic carbocycles. The summed E-state index contributed by atoms with van der Waals surface area (Å²) in [6.07, 6.45) is 0. The summed E-state index contributed by atoms with van der Waals surface area (Å²) >= 11 is 0. The molecule has 0 fully saturated rings. The number of rotatable bonds is 6. The normalized spacial score (nSPS) is 11.5. The fourth-order valence-corrected chi connectivity index (χ4v) is 1.92. The number of hydrogen-bond acceptors (Lipinski definition) is 5. The highest BCUT2D eigenvalue weighted by Gasteiger charge is 2.17. The van der Waals surface area contributed by atoms with Gasteiger partial charge in [-0.3, -0.25) is 9.58 Å². The number of hydrogen-bond donors (Lipinski definition) is 3. The van der Waals surface area contributed by atoms with E-state index >= 15 is 0 Å². The van der Waals surface area contributed by atoms with Gasteiger partial charge < -0.3 is 10.5 Å². The lowest BCUT2D eigenvalue weighted by molar-refractivity contribution is 0.159. The molecule has 0 atom stereocenters. The van der Waals surface area contributed by atoms with E-state index in [0.717, 1.165) is 23.6 Å². The van der Waals surface area contributed by atoms with Gasteiger partial charge in [0.25, 0.3) is 0 Å². The molecule has 1 aromatic heterocycles. The number of anilines is 1. The van der Waals surface area contributed by atoms with E-state index in [1.54, 1.807) is 4.68 Å². The van der Waals surface area contributed by atoms with E-state index in [-0.39, 0.29) is 6.61 Å². The Morgan fingerprint density at radius 3 is 2.65 bits per heavy atom. The maximum absolute atomic E-state index is 9.06. The number of nitrogens with one attached hydrogen (secondary N) is 1. The molecule has 0 bridgehead atoms. The number of nitrogens with two attached hydrogens (primary N) is 1. The van der Waals surface area contributed by atoms with E-state index in [1.165, 1.54) is 0 Å². The Balaban J connectivity index is 2.92. The van der Waals surface area contributed by atoms with Crippen LogP contribution in [-0.2, 0) is 13.6 Å². The van der Waals surface area contributed by atoms with Crippen LogP contribution in [0.25, 0.3) is 0 Å². The van der Waals surface area contributed by atoms with Gasteiger partial charge in [0.1, 0.15) is 5.82 Å². The number of nitrogen functional groups attached to an aromatic ring is 1. The molecule has 0 unspecified atom stereocenters. The molecular formula is C11H23N5O. The average Bonchev–Trinajstić information content (AvgIpc) is 2.52. The summed E-state index contributed by atoms with van der Waals surface area (Å²) in [5.74, 6) is 6.34. The molecule has 17 heavy (non-hydrogen) atoms. The van der Waals surface area contributed by atoms with Crippen molar-refractivity contribution in [2.24, 2.45) is 12.9 Å². The predicted octanol–water partition coefficient (Wildman–Crippen LogP) is 0.217. The first-order valence-corrected chi connectivity index (χ1v) is 5.85. The first-order chi connectivity index (χ1) is 8.01. The van der Waals surface area contributed by atoms with Crippen LogP contribution in [0.5, 0.6) is 0 Å². The molecule has 6 heteroatoms. The summed E-state index contributed by atoms with van der Waals surface area (Å²) in [6, 6.07) is 0.368. The van der Waals surface area contributed by atoms with Crippen molar-refractivity contribution in [2.75, 3.05) is 18.6 Å². The van der Waals surface area contributed by atoms with E-state index in [9.17, 15) is 0 Å². The fourth-order valence-electron chi connectivity index (χ4n) is 1.92. The molecule has 0 aliphatic heterocycles. The van der Waals surface area contributed by atoms with Gasteiger partial charge >= 0.3 is 0 Å². The van der Waals surface area contributed by atoms with Gasteiger partial charge in [0.15, 0.2) is 0 Å². The first kappa shape index (κ1) is 14.0. The maximum Gasteiger partial charge on any atom is 0.142 e. The van der Waals surface area contributed by atoms with Gasteiger partial charge in [0.05, 0.1) is 12.3 Å². The predicted molar refractivity (Wildman–Crippen MR) is 68.4 cm³/mol. The van der Waals surface area contributed by atoms with Crippen LogP contribution in [0, 0.1) is 6.92 Å². The third-order valence-electron chi connectivity index (χ3n) is 2.96. The van der Waals surface area contributed by atoms with Gasteiger partial charge in [-0.2, -0.15) is 5.10 Å². The van der Waals surface area contributed by atoms with Crippen LogP contribution >= 0.6 is 0 Å². The van der Waals surface area contributed by atoms with Gasteiger partial charge in [0, 0.05) is 31.7 Å². The van der Waals surface area contributed by atoms with Crippen LogP contribution in [0.1, 0.15) is 25.1 Å². The lowest BCUT2D eigenvalue weighted by atomic mass is 10.2. The van der Waals surface area contributed by atoms with Gasteiger partial charge in [-0.05, 0) is 20.8 Å². The van der Waals surface area contributed by atoms with Crippen molar-refractivity contribution in [2.45, 2.75) is 33.4 Å². The molecule has 0 saturated carbocycles. The number of aliphatic hydroxyl groups excluding tert-OH is 1. The summed E-state index contributed by atoms with van der Waals surface area (Å²) in [5, 5.41) is 13.4. The third kappa shape index (κ3) is 3.18. The minimum absolute atomic E-state index is 0.156. The largest absolute Gasteiger partial charge is 0.395 e. The molecular weight excluding hydrogens is 218 g/mol. The number of nitrogens with zero attached hydrogens (tertiary/aromatic N) is 3. The van der Waals surface area contributed by atoms with E-state index in [1.807, 2.05) is 14.0 Å². The second-order valence-electron chi connectivity index (χ2n) is 4.47. The summed E-state index contributed by atoms with van der Waals surface area (Å²) in [6.45, 7) is 7.72. The monoisotopic (exact) mass is 241 g/mol. The van der Waals surface area contributed by atoms with E-state index in [4.69, 9.17) is 10.9 Å². The Morgan fingerprint density at radius 2 is 2.18 bits per heavy atom. The van der Waals surface area contributed by atoms with Crippen molar-refractivity contribution in [3.8, 4) is 0 Å². The van der Waals surface area contributed by atoms with Gasteiger partial charge in [-0.1, -0.05) is 0 Å². The summed E-state index contributed by atoms with van der Waals surface area (Å²) in [4.78, 5) is 2.19. The van der Waals surface area contributed by atoms with Crippen molar-refractivity contribution in [3.05, 3.63) is 11.3 Å². The topological polar surface area (TPSA) is 79.3 Å². The maximum atomic E-state index is 9.06. The molecule has 0 spiro atoms. The number of hydrazine groups is 1. The Bertz CT molecular complexity index is 361. The molecule has 0 amide bonds. The van der Waals surface area contributed by atoms with Gasteiger partial charge in [0.2, 0.25) is 0 Å². The van der Waals surface area contributed by atoms with E-state index < -0.39 is 0 Å². The highest BCUT2D eigenvalue weighted by molar-refractivity contribution is 5.46. The number of aromatic nitrogens is 2. The first-order valence-electron chi connectivity index (χ1n) is 5.85. The second kappa shape index (κ2) is 6.00. The molecule has 1 heterocycles. The lowest BCUT2D eigenvalue weighted by Crippen LogP contribution is -2.33. The third-order valence-corrected chi connectivity index (χ3v) is 2.96. The number of aryl methyl sites for hydroxylation is 2. The van der Waals surface area contributed by atoms with E-state index in [0.29, 0.717) is 12.6 Å². The lowest BCUT2D eigenvalue weighted by Gasteiger charge is -2.25. The Morgan fingerprint density at radius 1 is 1.53 bits per heavy atom. The molecule has 6 nitrogen and oxygen atoms in total. The average molecular weight is 241 g/mol. The smallest absolute Gasteiger partial charge is 0.142 e. The minimum atomic E-state index is 0.156. The Labute approximate surface area is 102 Å². The summed E-state index contributed by atoms with van der Waals surface area (Å²) < 4.78 is 1.74. The molecule has 0 radical (unpaired) electrons. The van der Waals surface area contributed by atoms with E-state index in [2.05, 4.69) is 29.3 Å². The Kier molecular flexibility index (Phi) is 4.92. The van der Waals surface area contributed by atoms with Crippen molar-refractivity contribution >= 4 is 5.82 Å². The minimum Gasteiger partial charge on any atom is -0.395 e.